The van der Waals surface area contributed by atoms with E-state index in [2.05, 4.69) is 25.9 Å². The van der Waals surface area contributed by atoms with Crippen LogP contribution in [-0.2, 0) is 10.1 Å². The molecule has 0 fully saturated rings. The summed E-state index contributed by atoms with van der Waals surface area (Å²) in [6, 6.07) is 5.57. The van der Waals surface area contributed by atoms with Gasteiger partial charge in [0.2, 0.25) is 5.88 Å². The number of benzene rings is 1. The summed E-state index contributed by atoms with van der Waals surface area (Å²) < 4.78 is 10.8. The van der Waals surface area contributed by atoms with Gasteiger partial charge in [0.1, 0.15) is 5.69 Å². The third-order valence-corrected chi connectivity index (χ3v) is 2.98. The predicted octanol–water partition coefficient (Wildman–Crippen LogP) is 2.63. The molecule has 0 aliphatic rings. The number of rotatable bonds is 5. The van der Waals surface area contributed by atoms with Crippen molar-refractivity contribution < 1.29 is 14.3 Å². The van der Waals surface area contributed by atoms with Crippen LogP contribution in [0.25, 0.3) is 0 Å². The molecule has 97 valence electrons. The number of hydrogen-bond acceptors (Lipinski definition) is 5. The van der Waals surface area contributed by atoms with E-state index in [1.165, 1.54) is 12.4 Å². The predicted molar refractivity (Wildman–Crippen MR) is 72.5 cm³/mol. The molecule has 1 radical (unpaired) electrons. The molecule has 0 amide bonds. The number of nitrogens with zero attached hydrogens (tertiary/aromatic N) is 2. The van der Waals surface area contributed by atoms with Crippen molar-refractivity contribution in [3.8, 4) is 17.4 Å². The van der Waals surface area contributed by atoms with Crippen molar-refractivity contribution in [1.29, 1.82) is 0 Å². The van der Waals surface area contributed by atoms with Gasteiger partial charge in [0.15, 0.2) is 11.5 Å². The average Bonchev–Trinajstić information content (AvgIpc) is 2.48. The summed E-state index contributed by atoms with van der Waals surface area (Å²) >= 11 is 3.37. The number of methoxy groups -OCH3 is 1. The Balaban J connectivity index is 2.24. The summed E-state index contributed by atoms with van der Waals surface area (Å²) in [5.41, 5.74) is 1.20. The molecule has 0 N–H and O–H groups in total. The van der Waals surface area contributed by atoms with Crippen LogP contribution >= 0.6 is 15.9 Å². The first-order chi connectivity index (χ1) is 9.26. The molecule has 6 heteroatoms. The molecule has 5 nitrogen and oxygen atoms in total. The quantitative estimate of drug-likeness (QED) is 0.792. The van der Waals surface area contributed by atoms with Gasteiger partial charge < -0.3 is 9.47 Å². The minimum absolute atomic E-state index is 0.133. The van der Waals surface area contributed by atoms with E-state index in [1.807, 2.05) is 12.1 Å². The monoisotopic (exact) mass is 321 g/mol. The highest BCUT2D eigenvalue weighted by Crippen LogP contribution is 2.31. The van der Waals surface area contributed by atoms with Gasteiger partial charge >= 0.3 is 0 Å². The van der Waals surface area contributed by atoms with Crippen molar-refractivity contribution in [2.24, 2.45) is 0 Å². The normalized spacial score (nSPS) is 10.0. The molecule has 0 saturated heterocycles. The Morgan fingerprint density at radius 1 is 1.26 bits per heavy atom. The molecule has 1 aromatic heterocycles. The molecule has 2 rings (SSSR count). The fraction of sp³-hybridized carbons (Fsp3) is 0.154. The maximum Gasteiger partial charge on any atom is 0.255 e. The van der Waals surface area contributed by atoms with Gasteiger partial charge in [-0.2, -0.15) is 0 Å². The zero-order chi connectivity index (χ0) is 13.7. The molecule has 0 spiro atoms. The van der Waals surface area contributed by atoms with E-state index in [4.69, 9.17) is 9.47 Å². The van der Waals surface area contributed by atoms with Crippen LogP contribution in [0.4, 0.5) is 0 Å². The van der Waals surface area contributed by atoms with Gasteiger partial charge in [0.05, 0.1) is 19.5 Å². The molecule has 0 saturated carbocycles. The second kappa shape index (κ2) is 6.29. The third-order valence-electron chi connectivity index (χ3n) is 2.33. The summed E-state index contributed by atoms with van der Waals surface area (Å²) in [6.45, 7) is 0. The van der Waals surface area contributed by atoms with E-state index in [1.54, 1.807) is 19.5 Å². The Labute approximate surface area is 118 Å². The zero-order valence-corrected chi connectivity index (χ0v) is 11.7. The van der Waals surface area contributed by atoms with Crippen molar-refractivity contribution in [3.63, 3.8) is 0 Å². The Morgan fingerprint density at radius 3 is 2.68 bits per heavy atom. The SMILES string of the molecule is COc1cc(CBr)ccc1Oc1cnc([C]=O)cn1. The Morgan fingerprint density at radius 2 is 2.11 bits per heavy atom. The lowest BCUT2D eigenvalue weighted by atomic mass is 10.2. The van der Waals surface area contributed by atoms with Crippen LogP contribution in [0.15, 0.2) is 30.6 Å². The lowest BCUT2D eigenvalue weighted by molar-refractivity contribution is 0.373. The molecule has 19 heavy (non-hydrogen) atoms. The maximum atomic E-state index is 10.4. The molecule has 0 bridgehead atoms. The minimum Gasteiger partial charge on any atom is -0.493 e. The van der Waals surface area contributed by atoms with Crippen molar-refractivity contribution in [1.82, 2.24) is 9.97 Å². The smallest absolute Gasteiger partial charge is 0.255 e. The second-order valence-electron chi connectivity index (χ2n) is 3.56. The number of carbonyl (C=O) groups excluding carboxylic acids is 1. The largest absolute Gasteiger partial charge is 0.493 e. The highest BCUT2D eigenvalue weighted by molar-refractivity contribution is 9.08. The van der Waals surface area contributed by atoms with E-state index in [0.717, 1.165) is 10.9 Å². The van der Waals surface area contributed by atoms with Crippen molar-refractivity contribution in [2.75, 3.05) is 7.11 Å². The van der Waals surface area contributed by atoms with Gasteiger partial charge in [-0.15, -0.1) is 0 Å². The van der Waals surface area contributed by atoms with Crippen molar-refractivity contribution >= 4 is 22.2 Å². The number of hydrogen-bond donors (Lipinski definition) is 0. The molecule has 0 aliphatic carbocycles. The van der Waals surface area contributed by atoms with Gasteiger partial charge in [-0.3, -0.25) is 4.79 Å². The molecular formula is C13H10BrN2O3. The molecule has 0 unspecified atom stereocenters. The van der Waals surface area contributed by atoms with Gasteiger partial charge in [-0.1, -0.05) is 22.0 Å². The number of aromatic nitrogens is 2. The highest BCUT2D eigenvalue weighted by Gasteiger charge is 2.08. The van der Waals surface area contributed by atoms with Gasteiger partial charge in [-0.05, 0) is 17.7 Å². The van der Waals surface area contributed by atoms with Crippen molar-refractivity contribution in [3.05, 3.63) is 41.9 Å². The van der Waals surface area contributed by atoms with E-state index in [0.29, 0.717) is 11.5 Å². The second-order valence-corrected chi connectivity index (χ2v) is 4.12. The van der Waals surface area contributed by atoms with Crippen LogP contribution in [0.1, 0.15) is 11.3 Å². The Hall–Kier alpha value is -1.95. The number of alkyl halides is 1. The Bertz CT molecular complexity index is 573. The summed E-state index contributed by atoms with van der Waals surface area (Å²) in [4.78, 5) is 18.1. The lowest BCUT2D eigenvalue weighted by Crippen LogP contribution is -1.95. The minimum atomic E-state index is 0.133. The van der Waals surface area contributed by atoms with Crippen LogP contribution in [0, 0.1) is 0 Å². The molecule has 0 atom stereocenters. The molecule has 0 aliphatic heterocycles. The molecular weight excluding hydrogens is 312 g/mol. The van der Waals surface area contributed by atoms with Gasteiger partial charge in [0.25, 0.3) is 6.29 Å². The van der Waals surface area contributed by atoms with Gasteiger partial charge in [-0.25, -0.2) is 9.97 Å². The molecule has 1 aromatic carbocycles. The van der Waals surface area contributed by atoms with E-state index in [-0.39, 0.29) is 11.6 Å². The van der Waals surface area contributed by atoms with Crippen LogP contribution in [-0.4, -0.2) is 23.4 Å². The summed E-state index contributed by atoms with van der Waals surface area (Å²) in [7, 11) is 1.57. The zero-order valence-electron chi connectivity index (χ0n) is 10.1. The van der Waals surface area contributed by atoms with Crippen LogP contribution in [0.5, 0.6) is 17.4 Å². The van der Waals surface area contributed by atoms with Gasteiger partial charge in [0, 0.05) is 5.33 Å². The molecule has 2 aromatic rings. The first-order valence-corrected chi connectivity index (χ1v) is 6.50. The summed E-state index contributed by atoms with van der Waals surface area (Å²) in [5, 5.41) is 0.729. The summed E-state index contributed by atoms with van der Waals surface area (Å²) in [6.07, 6.45) is 4.30. The Kier molecular flexibility index (Phi) is 4.46. The maximum absolute atomic E-state index is 10.4. The first-order valence-electron chi connectivity index (χ1n) is 5.37. The fourth-order valence-electron chi connectivity index (χ4n) is 1.41. The number of halogens is 1. The van der Waals surface area contributed by atoms with Crippen LogP contribution < -0.4 is 9.47 Å². The van der Waals surface area contributed by atoms with E-state index < -0.39 is 0 Å². The average molecular weight is 322 g/mol. The number of ether oxygens (including phenoxy) is 2. The topological polar surface area (TPSA) is 61.3 Å². The molecule has 1 heterocycles. The fourth-order valence-corrected chi connectivity index (χ4v) is 1.76. The van der Waals surface area contributed by atoms with E-state index >= 15 is 0 Å². The van der Waals surface area contributed by atoms with E-state index in [9.17, 15) is 4.79 Å². The first kappa shape index (κ1) is 13.5. The lowest BCUT2D eigenvalue weighted by Gasteiger charge is -2.10. The summed E-state index contributed by atoms with van der Waals surface area (Å²) in [5.74, 6) is 1.41. The standard InChI is InChI=1S/C13H10BrN2O3/c1-18-12-4-9(5-14)2-3-11(12)19-13-7-15-10(8-17)6-16-13/h2-4,6-7H,5H2,1H3. The van der Waals surface area contributed by atoms with Crippen molar-refractivity contribution in [2.45, 2.75) is 5.33 Å². The highest BCUT2D eigenvalue weighted by atomic mass is 79.9. The third kappa shape index (κ3) is 3.29. The van der Waals surface area contributed by atoms with Crippen LogP contribution in [0.3, 0.4) is 0 Å². The van der Waals surface area contributed by atoms with Crippen LogP contribution in [0.2, 0.25) is 0 Å².